The zero-order valence-electron chi connectivity index (χ0n) is 11.7. The van der Waals surface area contributed by atoms with Gasteiger partial charge in [0.2, 0.25) is 0 Å². The standard InChI is InChI=1S/C15H19NO5/c17-13(12-7-10(9-21-12)14(18)19)16-6-5-15(20)4-2-1-3-11(15)8-16/h7,9,11,20H,1-6,8H2,(H,18,19). The van der Waals surface area contributed by atoms with Crippen LogP contribution in [0.3, 0.4) is 0 Å². The predicted molar refractivity (Wildman–Crippen MR) is 73.1 cm³/mol. The molecule has 3 rings (SSSR count). The number of carbonyl (C=O) groups is 2. The van der Waals surface area contributed by atoms with E-state index in [2.05, 4.69) is 0 Å². The molecule has 2 N–H and O–H groups in total. The average Bonchev–Trinajstić information content (AvgIpc) is 2.95. The van der Waals surface area contributed by atoms with E-state index in [1.807, 2.05) is 0 Å². The van der Waals surface area contributed by atoms with E-state index in [1.165, 1.54) is 6.07 Å². The second kappa shape index (κ2) is 5.18. The number of carboxylic acids is 1. The van der Waals surface area contributed by atoms with Crippen LogP contribution in [0.4, 0.5) is 0 Å². The van der Waals surface area contributed by atoms with Crippen LogP contribution in [0.5, 0.6) is 0 Å². The van der Waals surface area contributed by atoms with Crippen LogP contribution in [0, 0.1) is 5.92 Å². The van der Waals surface area contributed by atoms with Crippen molar-refractivity contribution in [2.75, 3.05) is 13.1 Å². The fourth-order valence-electron chi connectivity index (χ4n) is 3.47. The Morgan fingerprint density at radius 1 is 1.33 bits per heavy atom. The second-order valence-corrected chi connectivity index (χ2v) is 6.05. The van der Waals surface area contributed by atoms with Gasteiger partial charge in [0, 0.05) is 25.1 Å². The first-order valence-electron chi connectivity index (χ1n) is 7.33. The predicted octanol–water partition coefficient (Wildman–Crippen LogP) is 1.75. The molecule has 0 radical (unpaired) electrons. The van der Waals surface area contributed by atoms with Gasteiger partial charge in [-0.3, -0.25) is 4.79 Å². The van der Waals surface area contributed by atoms with Crippen LogP contribution in [-0.2, 0) is 0 Å². The van der Waals surface area contributed by atoms with Gasteiger partial charge in [-0.05, 0) is 19.3 Å². The Hall–Kier alpha value is -1.82. The summed E-state index contributed by atoms with van der Waals surface area (Å²) in [5, 5.41) is 19.5. The minimum atomic E-state index is -1.11. The number of amides is 1. The highest BCUT2D eigenvalue weighted by molar-refractivity contribution is 5.95. The molecule has 114 valence electrons. The van der Waals surface area contributed by atoms with Crippen molar-refractivity contribution < 1.29 is 24.2 Å². The number of aromatic carboxylic acids is 1. The van der Waals surface area contributed by atoms with Gasteiger partial charge in [-0.1, -0.05) is 12.8 Å². The van der Waals surface area contributed by atoms with Crippen LogP contribution in [0.25, 0.3) is 0 Å². The van der Waals surface area contributed by atoms with Gasteiger partial charge in [0.05, 0.1) is 11.2 Å². The van der Waals surface area contributed by atoms with E-state index < -0.39 is 11.6 Å². The number of aliphatic hydroxyl groups is 1. The lowest BCUT2D eigenvalue weighted by Crippen LogP contribution is -2.54. The molecule has 1 amide bonds. The van der Waals surface area contributed by atoms with Crippen LogP contribution < -0.4 is 0 Å². The Bertz CT molecular complexity index is 566. The molecule has 2 fully saturated rings. The number of carboxylic acid groups (broad SMARTS) is 1. The van der Waals surface area contributed by atoms with Gasteiger partial charge < -0.3 is 19.5 Å². The lowest BCUT2D eigenvalue weighted by atomic mass is 9.71. The SMILES string of the molecule is O=C(O)c1coc(C(=O)N2CCC3(O)CCCCC3C2)c1. The van der Waals surface area contributed by atoms with Crippen molar-refractivity contribution in [1.29, 1.82) is 0 Å². The van der Waals surface area contributed by atoms with Gasteiger partial charge in [-0.25, -0.2) is 4.79 Å². The quantitative estimate of drug-likeness (QED) is 0.866. The molecule has 2 aliphatic rings. The summed E-state index contributed by atoms with van der Waals surface area (Å²) >= 11 is 0. The molecule has 0 aromatic carbocycles. The fraction of sp³-hybridized carbons (Fsp3) is 0.600. The molecule has 21 heavy (non-hydrogen) atoms. The molecular weight excluding hydrogens is 274 g/mol. The van der Waals surface area contributed by atoms with Crippen molar-refractivity contribution in [2.24, 2.45) is 5.92 Å². The Balaban J connectivity index is 1.72. The Kier molecular flexibility index (Phi) is 3.49. The molecule has 1 saturated heterocycles. The van der Waals surface area contributed by atoms with Gasteiger partial charge in [-0.15, -0.1) is 0 Å². The maximum atomic E-state index is 12.4. The van der Waals surface area contributed by atoms with Crippen molar-refractivity contribution in [3.8, 4) is 0 Å². The summed E-state index contributed by atoms with van der Waals surface area (Å²) < 4.78 is 5.07. The van der Waals surface area contributed by atoms with E-state index in [1.54, 1.807) is 4.90 Å². The van der Waals surface area contributed by atoms with Crippen molar-refractivity contribution in [3.05, 3.63) is 23.7 Å². The summed E-state index contributed by atoms with van der Waals surface area (Å²) in [6, 6.07) is 1.26. The molecule has 1 aliphatic carbocycles. The van der Waals surface area contributed by atoms with Gasteiger partial charge >= 0.3 is 5.97 Å². The lowest BCUT2D eigenvalue weighted by molar-refractivity contribution is -0.0889. The van der Waals surface area contributed by atoms with Gasteiger partial charge in [0.15, 0.2) is 5.76 Å². The second-order valence-electron chi connectivity index (χ2n) is 6.05. The normalized spacial score (nSPS) is 29.0. The summed E-state index contributed by atoms with van der Waals surface area (Å²) in [6.45, 7) is 0.993. The number of carbonyl (C=O) groups excluding carboxylic acids is 1. The first kappa shape index (κ1) is 14.1. The first-order chi connectivity index (χ1) is 9.99. The maximum absolute atomic E-state index is 12.4. The third kappa shape index (κ3) is 2.55. The van der Waals surface area contributed by atoms with Gasteiger partial charge in [0.25, 0.3) is 5.91 Å². The lowest BCUT2D eigenvalue weighted by Gasteiger charge is -2.47. The third-order valence-corrected chi connectivity index (χ3v) is 4.77. The van der Waals surface area contributed by atoms with Crippen molar-refractivity contribution >= 4 is 11.9 Å². The molecule has 0 spiro atoms. The van der Waals surface area contributed by atoms with E-state index >= 15 is 0 Å². The minimum absolute atomic E-state index is 0.0236. The smallest absolute Gasteiger partial charge is 0.338 e. The number of hydrogen-bond acceptors (Lipinski definition) is 4. The van der Waals surface area contributed by atoms with E-state index in [9.17, 15) is 14.7 Å². The summed E-state index contributed by atoms with van der Waals surface area (Å²) in [4.78, 5) is 24.9. The minimum Gasteiger partial charge on any atom is -0.478 e. The molecule has 0 bridgehead atoms. The summed E-state index contributed by atoms with van der Waals surface area (Å²) in [5.41, 5.74) is -0.658. The fourth-order valence-corrected chi connectivity index (χ4v) is 3.47. The molecule has 6 nitrogen and oxygen atoms in total. The summed E-state index contributed by atoms with van der Waals surface area (Å²) in [5.74, 6) is -1.25. The molecule has 1 aromatic rings. The topological polar surface area (TPSA) is 91.0 Å². The number of hydrogen-bond donors (Lipinski definition) is 2. The van der Waals surface area contributed by atoms with E-state index in [0.29, 0.717) is 19.5 Å². The van der Waals surface area contributed by atoms with E-state index in [-0.39, 0.29) is 23.1 Å². The van der Waals surface area contributed by atoms with Crippen molar-refractivity contribution in [2.45, 2.75) is 37.7 Å². The molecule has 2 heterocycles. The molecule has 2 atom stereocenters. The number of furan rings is 1. The first-order valence-corrected chi connectivity index (χ1v) is 7.33. The molecule has 1 saturated carbocycles. The van der Waals surface area contributed by atoms with Crippen LogP contribution in [0.2, 0.25) is 0 Å². The monoisotopic (exact) mass is 293 g/mol. The summed E-state index contributed by atoms with van der Waals surface area (Å²) in [7, 11) is 0. The van der Waals surface area contributed by atoms with Crippen molar-refractivity contribution in [1.82, 2.24) is 4.90 Å². The summed E-state index contributed by atoms with van der Waals surface area (Å²) in [6.07, 6.45) is 5.52. The Labute approximate surface area is 122 Å². The van der Waals surface area contributed by atoms with E-state index in [4.69, 9.17) is 9.52 Å². The zero-order valence-corrected chi connectivity index (χ0v) is 11.7. The van der Waals surface area contributed by atoms with Gasteiger partial charge in [-0.2, -0.15) is 0 Å². The highest BCUT2D eigenvalue weighted by Gasteiger charge is 2.44. The number of fused-ring (bicyclic) bond motifs is 1. The third-order valence-electron chi connectivity index (χ3n) is 4.77. The van der Waals surface area contributed by atoms with Crippen LogP contribution in [0.15, 0.2) is 16.7 Å². The molecule has 6 heteroatoms. The zero-order chi connectivity index (χ0) is 15.0. The maximum Gasteiger partial charge on any atom is 0.338 e. The Morgan fingerprint density at radius 2 is 2.14 bits per heavy atom. The van der Waals surface area contributed by atoms with Crippen LogP contribution in [-0.4, -0.2) is 45.7 Å². The number of rotatable bonds is 2. The number of nitrogens with zero attached hydrogens (tertiary/aromatic N) is 1. The van der Waals surface area contributed by atoms with Gasteiger partial charge in [0.1, 0.15) is 6.26 Å². The molecular formula is C15H19NO5. The molecule has 1 aliphatic heterocycles. The molecule has 1 aromatic heterocycles. The average molecular weight is 293 g/mol. The highest BCUT2D eigenvalue weighted by atomic mass is 16.4. The highest BCUT2D eigenvalue weighted by Crippen LogP contribution is 2.40. The number of likely N-dealkylation sites (tertiary alicyclic amines) is 1. The van der Waals surface area contributed by atoms with E-state index in [0.717, 1.165) is 31.9 Å². The number of piperidine rings is 1. The molecule has 2 unspecified atom stereocenters. The Morgan fingerprint density at radius 3 is 2.86 bits per heavy atom. The largest absolute Gasteiger partial charge is 0.478 e. The van der Waals surface area contributed by atoms with Crippen molar-refractivity contribution in [3.63, 3.8) is 0 Å². The van der Waals surface area contributed by atoms with Crippen LogP contribution >= 0.6 is 0 Å². The van der Waals surface area contributed by atoms with Crippen LogP contribution in [0.1, 0.15) is 53.0 Å².